The van der Waals surface area contributed by atoms with Gasteiger partial charge in [0.1, 0.15) is 5.84 Å². The average Bonchev–Trinajstić information content (AvgIpc) is 2.94. The SMILES string of the molecule is Cc1cc(C(C)(C)C)cc(C)c1S(=O)(=O)Nc1ccc(S(=O)(=O)NC2=NCCCCC2)cc1. The van der Waals surface area contributed by atoms with Crippen molar-refractivity contribution in [3.05, 3.63) is 53.1 Å². The highest BCUT2D eigenvalue weighted by Gasteiger charge is 2.24. The monoisotopic (exact) mass is 491 g/mol. The molecule has 1 aliphatic rings. The van der Waals surface area contributed by atoms with Crippen molar-refractivity contribution in [2.45, 2.75) is 75.5 Å². The van der Waals surface area contributed by atoms with E-state index in [1.165, 1.54) is 24.3 Å². The third kappa shape index (κ3) is 6.14. The lowest BCUT2D eigenvalue weighted by Crippen LogP contribution is -2.30. The van der Waals surface area contributed by atoms with E-state index < -0.39 is 20.0 Å². The molecule has 0 aromatic heterocycles. The number of hydrogen-bond acceptors (Lipinski definition) is 5. The van der Waals surface area contributed by atoms with Crippen LogP contribution in [0.3, 0.4) is 0 Å². The van der Waals surface area contributed by atoms with E-state index in [4.69, 9.17) is 0 Å². The summed E-state index contributed by atoms with van der Waals surface area (Å²) < 4.78 is 56.8. The van der Waals surface area contributed by atoms with Crippen LogP contribution in [-0.4, -0.2) is 29.2 Å². The van der Waals surface area contributed by atoms with Crippen molar-refractivity contribution in [1.29, 1.82) is 0 Å². The van der Waals surface area contributed by atoms with Gasteiger partial charge in [0.15, 0.2) is 0 Å². The second-order valence-electron chi connectivity index (χ2n) is 9.56. The van der Waals surface area contributed by atoms with Gasteiger partial charge in [0.2, 0.25) is 0 Å². The lowest BCUT2D eigenvalue weighted by Gasteiger charge is -2.22. The first kappa shape index (κ1) is 25.2. The number of benzene rings is 2. The summed E-state index contributed by atoms with van der Waals surface area (Å²) in [5.41, 5.74) is 2.60. The molecule has 2 aromatic rings. The molecule has 0 fully saturated rings. The van der Waals surface area contributed by atoms with Gasteiger partial charge in [-0.3, -0.25) is 14.4 Å². The molecule has 3 rings (SSSR count). The zero-order valence-electron chi connectivity index (χ0n) is 19.9. The third-order valence-corrected chi connectivity index (χ3v) is 8.72. The van der Waals surface area contributed by atoms with Crippen LogP contribution in [0.5, 0.6) is 0 Å². The van der Waals surface area contributed by atoms with Crippen LogP contribution in [-0.2, 0) is 25.5 Å². The highest BCUT2D eigenvalue weighted by Crippen LogP contribution is 2.30. The lowest BCUT2D eigenvalue weighted by atomic mass is 9.85. The van der Waals surface area contributed by atoms with Gasteiger partial charge in [-0.1, -0.05) is 39.3 Å². The summed E-state index contributed by atoms with van der Waals surface area (Å²) in [6.45, 7) is 10.4. The molecule has 0 bridgehead atoms. The van der Waals surface area contributed by atoms with E-state index in [1.54, 1.807) is 13.8 Å². The minimum absolute atomic E-state index is 0.0549. The Labute approximate surface area is 197 Å². The molecule has 0 spiro atoms. The quantitative estimate of drug-likeness (QED) is 0.635. The first-order valence-corrected chi connectivity index (χ1v) is 14.1. The zero-order chi connectivity index (χ0) is 24.4. The van der Waals surface area contributed by atoms with E-state index in [2.05, 4.69) is 35.2 Å². The molecule has 1 aliphatic heterocycles. The third-order valence-electron chi connectivity index (χ3n) is 5.64. The van der Waals surface area contributed by atoms with Crippen LogP contribution >= 0.6 is 0 Å². The number of hydrogen-bond donors (Lipinski definition) is 2. The standard InChI is InChI=1S/C24H33N3O4S2/c1-17-15-19(24(3,4)5)16-18(2)23(17)33(30,31)26-20-10-12-21(13-11-20)32(28,29)27-22-9-7-6-8-14-25-22/h10-13,15-16,26H,6-9,14H2,1-5H3,(H,25,27). The second kappa shape index (κ2) is 9.46. The number of nitrogens with zero attached hydrogens (tertiary/aromatic N) is 1. The number of amidine groups is 1. The zero-order valence-corrected chi connectivity index (χ0v) is 21.5. The first-order valence-electron chi connectivity index (χ1n) is 11.1. The Morgan fingerprint density at radius 2 is 1.42 bits per heavy atom. The Bertz CT molecular complexity index is 1230. The predicted molar refractivity (Wildman–Crippen MR) is 133 cm³/mol. The van der Waals surface area contributed by atoms with Gasteiger partial charge >= 0.3 is 0 Å². The highest BCUT2D eigenvalue weighted by molar-refractivity contribution is 7.92. The van der Waals surface area contributed by atoms with Crippen molar-refractivity contribution >= 4 is 31.6 Å². The molecule has 2 aromatic carbocycles. The van der Waals surface area contributed by atoms with Crippen LogP contribution in [0.15, 0.2) is 51.2 Å². The van der Waals surface area contributed by atoms with Gasteiger partial charge in [0, 0.05) is 18.7 Å². The van der Waals surface area contributed by atoms with Crippen molar-refractivity contribution in [1.82, 2.24) is 4.72 Å². The molecule has 0 unspecified atom stereocenters. The molecule has 7 nitrogen and oxygen atoms in total. The molecule has 2 N–H and O–H groups in total. The van der Waals surface area contributed by atoms with Crippen LogP contribution < -0.4 is 9.44 Å². The first-order chi connectivity index (χ1) is 15.3. The fraction of sp³-hybridized carbons (Fsp3) is 0.458. The fourth-order valence-corrected chi connectivity index (χ4v) is 6.49. The Hall–Kier alpha value is -2.39. The van der Waals surface area contributed by atoms with Gasteiger partial charge in [-0.15, -0.1) is 0 Å². The Balaban J connectivity index is 1.81. The van der Waals surface area contributed by atoms with Crippen LogP contribution in [0, 0.1) is 13.8 Å². The van der Waals surface area contributed by atoms with Gasteiger partial charge in [-0.2, -0.15) is 0 Å². The van der Waals surface area contributed by atoms with E-state index in [0.717, 1.165) is 24.8 Å². The lowest BCUT2D eigenvalue weighted by molar-refractivity contribution is 0.585. The summed E-state index contributed by atoms with van der Waals surface area (Å²) in [5.74, 6) is 0.474. The molecular formula is C24H33N3O4S2. The molecule has 0 atom stereocenters. The highest BCUT2D eigenvalue weighted by atomic mass is 32.2. The summed E-state index contributed by atoms with van der Waals surface area (Å²) in [6.07, 6.45) is 3.49. The predicted octanol–water partition coefficient (Wildman–Crippen LogP) is 4.65. The van der Waals surface area contributed by atoms with Crippen LogP contribution in [0.25, 0.3) is 0 Å². The Kier molecular flexibility index (Phi) is 7.24. The number of aryl methyl sites for hydroxylation is 2. The average molecular weight is 492 g/mol. The topological polar surface area (TPSA) is 105 Å². The van der Waals surface area contributed by atoms with Crippen molar-refractivity contribution in [2.75, 3.05) is 11.3 Å². The molecule has 0 radical (unpaired) electrons. The fourth-order valence-electron chi connectivity index (χ4n) is 3.89. The molecule has 180 valence electrons. The Morgan fingerprint density at radius 3 is 2.00 bits per heavy atom. The minimum atomic E-state index is -3.85. The van der Waals surface area contributed by atoms with E-state index in [0.29, 0.717) is 35.6 Å². The van der Waals surface area contributed by atoms with Crippen molar-refractivity contribution < 1.29 is 16.8 Å². The maximum absolute atomic E-state index is 13.1. The Morgan fingerprint density at radius 1 is 0.818 bits per heavy atom. The van der Waals surface area contributed by atoms with Gasteiger partial charge in [-0.05, 0) is 73.1 Å². The summed E-state index contributed by atoms with van der Waals surface area (Å²) in [5, 5.41) is 0. The number of anilines is 1. The second-order valence-corrected chi connectivity index (χ2v) is 12.9. The molecule has 0 saturated carbocycles. The van der Waals surface area contributed by atoms with Gasteiger partial charge < -0.3 is 0 Å². The number of sulfonamides is 2. The van der Waals surface area contributed by atoms with Crippen LogP contribution in [0.2, 0.25) is 0 Å². The molecule has 1 heterocycles. The summed E-state index contributed by atoms with van der Waals surface area (Å²) in [6, 6.07) is 9.49. The molecule has 0 saturated heterocycles. The number of nitrogens with one attached hydrogen (secondary N) is 2. The van der Waals surface area contributed by atoms with E-state index >= 15 is 0 Å². The normalized spacial score (nSPS) is 15.5. The van der Waals surface area contributed by atoms with Gasteiger partial charge in [0.05, 0.1) is 9.79 Å². The van der Waals surface area contributed by atoms with Gasteiger partial charge in [0.25, 0.3) is 20.0 Å². The van der Waals surface area contributed by atoms with Crippen molar-refractivity contribution in [2.24, 2.45) is 4.99 Å². The maximum atomic E-state index is 13.1. The molecule has 33 heavy (non-hydrogen) atoms. The summed E-state index contributed by atoms with van der Waals surface area (Å²) >= 11 is 0. The smallest absolute Gasteiger partial charge is 0.262 e. The van der Waals surface area contributed by atoms with Crippen LogP contribution in [0.1, 0.15) is 63.1 Å². The summed E-state index contributed by atoms with van der Waals surface area (Å²) in [4.78, 5) is 4.60. The minimum Gasteiger partial charge on any atom is -0.280 e. The van der Waals surface area contributed by atoms with E-state index in [1.807, 2.05) is 12.1 Å². The van der Waals surface area contributed by atoms with Gasteiger partial charge in [-0.25, -0.2) is 16.8 Å². The molecule has 0 aliphatic carbocycles. The molecule has 9 heteroatoms. The molecular weight excluding hydrogens is 458 g/mol. The molecule has 0 amide bonds. The summed E-state index contributed by atoms with van der Waals surface area (Å²) in [7, 11) is -7.63. The maximum Gasteiger partial charge on any atom is 0.262 e. The van der Waals surface area contributed by atoms with Crippen molar-refractivity contribution in [3.8, 4) is 0 Å². The number of aliphatic imine (C=N–C) groups is 1. The van der Waals surface area contributed by atoms with Crippen LogP contribution in [0.4, 0.5) is 5.69 Å². The largest absolute Gasteiger partial charge is 0.280 e. The van der Waals surface area contributed by atoms with E-state index in [9.17, 15) is 16.8 Å². The van der Waals surface area contributed by atoms with Crippen molar-refractivity contribution in [3.63, 3.8) is 0 Å². The van der Waals surface area contributed by atoms with E-state index in [-0.39, 0.29) is 15.2 Å². The number of rotatable bonds is 5.